The number of Topliss-reactive ketones (excluding diaryl/α,β-unsaturated/α-hetero) is 1. The van der Waals surface area contributed by atoms with Crippen LogP contribution in [0.25, 0.3) is 21.7 Å². The molecule has 3 heterocycles. The van der Waals surface area contributed by atoms with Crippen LogP contribution in [-0.2, 0) is 0 Å². The molecule has 5 heteroatoms. The van der Waals surface area contributed by atoms with Gasteiger partial charge in [-0.15, -0.1) is 0 Å². The molecule has 2 aromatic carbocycles. The number of ketones is 1. The van der Waals surface area contributed by atoms with Crippen molar-refractivity contribution in [3.05, 3.63) is 80.8 Å². The lowest BCUT2D eigenvalue weighted by Crippen LogP contribution is -2.23. The molecule has 1 aliphatic heterocycles. The standard InChI is InChI=1S/C24H21NO3S/c26-22(4-8-25-7-3-18(14-25)19-6-10-29-15-19)17-2-1-16-13-24-21(12-20(16)11-17)23(27)5-9-28-24/h1-2,5-6,9-13,15,18H,3-4,7-8,14H2. The number of thiophene rings is 1. The molecule has 4 nitrogen and oxygen atoms in total. The van der Waals surface area contributed by atoms with Gasteiger partial charge in [-0.3, -0.25) is 9.59 Å². The van der Waals surface area contributed by atoms with Crippen LogP contribution in [0.5, 0.6) is 0 Å². The number of fused-ring (bicyclic) bond motifs is 2. The van der Waals surface area contributed by atoms with E-state index in [0.29, 0.717) is 28.9 Å². The highest BCUT2D eigenvalue weighted by molar-refractivity contribution is 7.08. The van der Waals surface area contributed by atoms with Gasteiger partial charge in [-0.2, -0.15) is 11.3 Å². The van der Waals surface area contributed by atoms with Crippen LogP contribution in [0.15, 0.2) is 68.7 Å². The molecule has 0 bridgehead atoms. The average Bonchev–Trinajstić information content (AvgIpc) is 3.42. The maximum Gasteiger partial charge on any atom is 0.192 e. The summed E-state index contributed by atoms with van der Waals surface area (Å²) >= 11 is 1.75. The fraction of sp³-hybridized carbons (Fsp3) is 0.250. The zero-order chi connectivity index (χ0) is 19.8. The number of hydrogen-bond donors (Lipinski definition) is 0. The van der Waals surface area contributed by atoms with E-state index < -0.39 is 0 Å². The maximum absolute atomic E-state index is 12.8. The molecule has 146 valence electrons. The molecule has 29 heavy (non-hydrogen) atoms. The van der Waals surface area contributed by atoms with Gasteiger partial charge in [0, 0.05) is 31.1 Å². The van der Waals surface area contributed by atoms with Crippen molar-refractivity contribution in [1.82, 2.24) is 4.90 Å². The Morgan fingerprint density at radius 2 is 2.07 bits per heavy atom. The fourth-order valence-corrected chi connectivity index (χ4v) is 4.96. The third kappa shape index (κ3) is 3.63. The quantitative estimate of drug-likeness (QED) is 0.345. The van der Waals surface area contributed by atoms with Crippen molar-refractivity contribution in [2.45, 2.75) is 18.8 Å². The molecule has 0 N–H and O–H groups in total. The smallest absolute Gasteiger partial charge is 0.192 e. The van der Waals surface area contributed by atoms with Crippen molar-refractivity contribution in [3.8, 4) is 0 Å². The molecule has 1 saturated heterocycles. The minimum atomic E-state index is -0.0703. The summed E-state index contributed by atoms with van der Waals surface area (Å²) in [6.45, 7) is 2.87. The molecule has 2 aromatic heterocycles. The summed E-state index contributed by atoms with van der Waals surface area (Å²) in [5, 5.41) is 6.76. The zero-order valence-electron chi connectivity index (χ0n) is 16.0. The minimum Gasteiger partial charge on any atom is -0.464 e. The van der Waals surface area contributed by atoms with Crippen LogP contribution in [-0.4, -0.2) is 30.3 Å². The topological polar surface area (TPSA) is 50.5 Å². The van der Waals surface area contributed by atoms with Gasteiger partial charge in [0.25, 0.3) is 0 Å². The van der Waals surface area contributed by atoms with Gasteiger partial charge in [-0.05, 0) is 70.2 Å². The molecule has 4 aromatic rings. The van der Waals surface area contributed by atoms with Gasteiger partial charge in [-0.25, -0.2) is 0 Å². The van der Waals surface area contributed by atoms with Gasteiger partial charge in [0.1, 0.15) is 5.58 Å². The van der Waals surface area contributed by atoms with Gasteiger partial charge in [0.2, 0.25) is 0 Å². The number of carbonyl (C=O) groups excluding carboxylic acids is 1. The number of rotatable bonds is 5. The minimum absolute atomic E-state index is 0.0703. The van der Waals surface area contributed by atoms with E-state index in [1.165, 1.54) is 17.9 Å². The lowest BCUT2D eigenvalue weighted by atomic mass is 10.0. The van der Waals surface area contributed by atoms with Crippen molar-refractivity contribution in [1.29, 1.82) is 0 Å². The van der Waals surface area contributed by atoms with Gasteiger partial charge in [-0.1, -0.05) is 12.1 Å². The summed E-state index contributed by atoms with van der Waals surface area (Å²) in [5.74, 6) is 0.739. The molecule has 1 aliphatic rings. The zero-order valence-corrected chi connectivity index (χ0v) is 16.8. The van der Waals surface area contributed by atoms with Crippen molar-refractivity contribution in [3.63, 3.8) is 0 Å². The first kappa shape index (κ1) is 18.3. The van der Waals surface area contributed by atoms with E-state index in [1.54, 1.807) is 11.3 Å². The number of likely N-dealkylation sites (tertiary alicyclic amines) is 1. The average molecular weight is 404 g/mol. The largest absolute Gasteiger partial charge is 0.464 e. The summed E-state index contributed by atoms with van der Waals surface area (Å²) < 4.78 is 5.44. The van der Waals surface area contributed by atoms with Crippen LogP contribution < -0.4 is 5.43 Å². The highest BCUT2D eigenvalue weighted by Crippen LogP contribution is 2.29. The predicted octanol–water partition coefficient (Wildman–Crippen LogP) is 5.07. The molecule has 0 radical (unpaired) electrons. The van der Waals surface area contributed by atoms with Gasteiger partial charge in [0.15, 0.2) is 11.2 Å². The van der Waals surface area contributed by atoms with E-state index in [1.807, 2.05) is 30.3 Å². The Morgan fingerprint density at radius 1 is 1.14 bits per heavy atom. The van der Waals surface area contributed by atoms with Crippen LogP contribution in [0.2, 0.25) is 0 Å². The lowest BCUT2D eigenvalue weighted by molar-refractivity contribution is 0.0969. The summed E-state index contributed by atoms with van der Waals surface area (Å²) in [7, 11) is 0. The van der Waals surface area contributed by atoms with Crippen LogP contribution >= 0.6 is 11.3 Å². The van der Waals surface area contributed by atoms with E-state index in [-0.39, 0.29) is 11.2 Å². The Morgan fingerprint density at radius 3 is 2.93 bits per heavy atom. The third-order valence-electron chi connectivity index (χ3n) is 5.88. The van der Waals surface area contributed by atoms with Crippen molar-refractivity contribution in [2.75, 3.05) is 19.6 Å². The maximum atomic E-state index is 12.8. The summed E-state index contributed by atoms with van der Waals surface area (Å²) in [5.41, 5.74) is 2.62. The molecular formula is C24H21NO3S. The second kappa shape index (κ2) is 7.58. The molecule has 0 spiro atoms. The molecule has 0 aliphatic carbocycles. The highest BCUT2D eigenvalue weighted by Gasteiger charge is 2.24. The normalized spacial score (nSPS) is 17.3. The molecular weight excluding hydrogens is 382 g/mol. The number of benzene rings is 2. The van der Waals surface area contributed by atoms with Crippen LogP contribution in [0.1, 0.15) is 34.7 Å². The van der Waals surface area contributed by atoms with Crippen molar-refractivity contribution in [2.24, 2.45) is 0 Å². The van der Waals surface area contributed by atoms with Crippen LogP contribution in [0.4, 0.5) is 0 Å². The van der Waals surface area contributed by atoms with Gasteiger partial charge >= 0.3 is 0 Å². The second-order valence-electron chi connectivity index (χ2n) is 7.71. The Balaban J connectivity index is 1.30. The Hall–Kier alpha value is -2.76. The van der Waals surface area contributed by atoms with E-state index in [4.69, 9.17) is 4.42 Å². The molecule has 0 amide bonds. The molecule has 1 unspecified atom stereocenters. The second-order valence-corrected chi connectivity index (χ2v) is 8.49. The molecule has 5 rings (SSSR count). The van der Waals surface area contributed by atoms with Crippen LogP contribution in [0, 0.1) is 0 Å². The van der Waals surface area contributed by atoms with E-state index in [9.17, 15) is 9.59 Å². The molecule has 0 saturated carbocycles. The predicted molar refractivity (Wildman–Crippen MR) is 117 cm³/mol. The van der Waals surface area contributed by atoms with E-state index >= 15 is 0 Å². The lowest BCUT2D eigenvalue weighted by Gasteiger charge is -2.15. The summed E-state index contributed by atoms with van der Waals surface area (Å²) in [4.78, 5) is 27.2. The molecule has 1 fully saturated rings. The van der Waals surface area contributed by atoms with Gasteiger partial charge in [0.05, 0.1) is 11.6 Å². The van der Waals surface area contributed by atoms with E-state index in [0.717, 1.165) is 36.8 Å². The first-order valence-corrected chi connectivity index (χ1v) is 10.8. The molecule has 1 atom stereocenters. The monoisotopic (exact) mass is 403 g/mol. The highest BCUT2D eigenvalue weighted by atomic mass is 32.1. The van der Waals surface area contributed by atoms with Crippen molar-refractivity contribution >= 4 is 38.9 Å². The summed E-state index contributed by atoms with van der Waals surface area (Å²) in [6.07, 6.45) is 3.09. The Kier molecular flexibility index (Phi) is 4.78. The van der Waals surface area contributed by atoms with Crippen LogP contribution in [0.3, 0.4) is 0 Å². The SMILES string of the molecule is O=C(CCN1CCC(c2ccsc2)C1)c1ccc2cc3occc(=O)c3cc2c1. The van der Waals surface area contributed by atoms with Gasteiger partial charge < -0.3 is 9.32 Å². The third-order valence-corrected chi connectivity index (χ3v) is 6.58. The Bertz CT molecular complexity index is 1240. The number of carbonyl (C=O) groups is 1. The first-order chi connectivity index (χ1) is 14.2. The summed E-state index contributed by atoms with van der Waals surface area (Å²) in [6, 6.07) is 13.0. The van der Waals surface area contributed by atoms with E-state index in [2.05, 4.69) is 21.7 Å². The number of hydrogen-bond acceptors (Lipinski definition) is 5. The number of nitrogens with zero attached hydrogens (tertiary/aromatic N) is 1. The first-order valence-electron chi connectivity index (χ1n) is 9.90. The fourth-order valence-electron chi connectivity index (χ4n) is 4.22. The Labute approximate surface area is 172 Å². The van der Waals surface area contributed by atoms with Crippen molar-refractivity contribution < 1.29 is 9.21 Å².